The van der Waals surface area contributed by atoms with Gasteiger partial charge in [-0.3, -0.25) is 0 Å². The van der Waals surface area contributed by atoms with Crippen LogP contribution >= 0.6 is 11.6 Å². The number of para-hydroxylation sites is 1. The summed E-state index contributed by atoms with van der Waals surface area (Å²) >= 11 is 6.22. The van der Waals surface area contributed by atoms with Crippen LogP contribution in [0.4, 0.5) is 22.2 Å². The van der Waals surface area contributed by atoms with Crippen molar-refractivity contribution in [2.24, 2.45) is 0 Å². The lowest BCUT2D eigenvalue weighted by Gasteiger charge is -2.30. The van der Waals surface area contributed by atoms with Crippen molar-refractivity contribution in [2.75, 3.05) is 29.6 Å². The maximum Gasteiger partial charge on any atom is 0.319 e. The van der Waals surface area contributed by atoms with Crippen LogP contribution < -0.4 is 20.9 Å². The summed E-state index contributed by atoms with van der Waals surface area (Å²) in [6, 6.07) is 5.86. The number of aryl methyl sites for hydroxylation is 2. The minimum absolute atomic E-state index is 0.151. The molecule has 2 aromatic rings. The Kier molecular flexibility index (Phi) is 7.04. The van der Waals surface area contributed by atoms with Crippen LogP contribution in [0.25, 0.3) is 0 Å². The van der Waals surface area contributed by atoms with Crippen molar-refractivity contribution >= 4 is 35.1 Å². The molecule has 8 heteroatoms. The molecule has 4 rings (SSSR count). The van der Waals surface area contributed by atoms with Crippen molar-refractivity contribution in [1.82, 2.24) is 15.3 Å². The van der Waals surface area contributed by atoms with Crippen LogP contribution in [-0.2, 0) is 12.8 Å². The monoisotopic (exact) mass is 456 g/mol. The van der Waals surface area contributed by atoms with Crippen molar-refractivity contribution in [3.63, 3.8) is 0 Å². The van der Waals surface area contributed by atoms with E-state index >= 15 is 0 Å². The zero-order chi connectivity index (χ0) is 22.7. The zero-order valence-electron chi connectivity index (χ0n) is 19.2. The molecule has 1 aromatic heterocycles. The van der Waals surface area contributed by atoms with E-state index in [2.05, 4.69) is 20.9 Å². The van der Waals surface area contributed by atoms with Gasteiger partial charge in [0.2, 0.25) is 5.95 Å². The fourth-order valence-corrected chi connectivity index (χ4v) is 4.97. The van der Waals surface area contributed by atoms with Crippen molar-refractivity contribution < 1.29 is 4.79 Å². The summed E-state index contributed by atoms with van der Waals surface area (Å²) in [5, 5.41) is 10.1. The first-order chi connectivity index (χ1) is 15.4. The Balaban J connectivity index is 1.31. The van der Waals surface area contributed by atoms with Crippen LogP contribution in [0.3, 0.4) is 0 Å². The molecular weight excluding hydrogens is 424 g/mol. The van der Waals surface area contributed by atoms with E-state index in [4.69, 9.17) is 21.6 Å². The van der Waals surface area contributed by atoms with Crippen molar-refractivity contribution in [3.8, 4) is 0 Å². The predicted octanol–water partition coefficient (Wildman–Crippen LogP) is 4.93. The summed E-state index contributed by atoms with van der Waals surface area (Å²) in [6.07, 6.45) is 8.27. The van der Waals surface area contributed by atoms with E-state index < -0.39 is 0 Å². The van der Waals surface area contributed by atoms with Crippen LogP contribution in [0.1, 0.15) is 55.3 Å². The number of halogens is 1. The molecule has 1 heterocycles. The second-order valence-corrected chi connectivity index (χ2v) is 9.53. The van der Waals surface area contributed by atoms with E-state index in [1.165, 1.54) is 24.1 Å². The first-order valence-electron chi connectivity index (χ1n) is 11.6. The van der Waals surface area contributed by atoms with E-state index in [0.29, 0.717) is 16.8 Å². The maximum atomic E-state index is 12.5. The van der Waals surface area contributed by atoms with Crippen LogP contribution in [-0.4, -0.2) is 42.2 Å². The average molecular weight is 457 g/mol. The molecule has 0 aliphatic heterocycles. The Morgan fingerprint density at radius 1 is 1.06 bits per heavy atom. The number of urea groups is 1. The SMILES string of the molecule is Cc1cccc(Cl)c1NC(=O)NC1CCC(Nc2nc3c(c(N(C)C)n2)CCCC3)CC1. The molecular formula is C24H33ClN6O. The number of amides is 2. The second kappa shape index (κ2) is 9.94. The van der Waals surface area contributed by atoms with Gasteiger partial charge >= 0.3 is 6.03 Å². The van der Waals surface area contributed by atoms with Gasteiger partial charge in [0.25, 0.3) is 0 Å². The standard InChI is InChI=1S/C24H33ClN6O/c1-15-7-6-9-19(25)21(15)29-24(32)27-17-13-11-16(12-14-17)26-23-28-20-10-5-4-8-18(20)22(30-23)31(2)3/h6-7,9,16-17H,4-5,8,10-14H2,1-3H3,(H,26,28,30)(H2,27,29,32). The van der Waals surface area contributed by atoms with Gasteiger partial charge in [0.1, 0.15) is 5.82 Å². The Morgan fingerprint density at radius 2 is 1.78 bits per heavy atom. The molecule has 1 fully saturated rings. The van der Waals surface area contributed by atoms with Gasteiger partial charge < -0.3 is 20.9 Å². The molecule has 2 amide bonds. The number of benzene rings is 1. The molecule has 32 heavy (non-hydrogen) atoms. The highest BCUT2D eigenvalue weighted by Crippen LogP contribution is 2.30. The highest BCUT2D eigenvalue weighted by molar-refractivity contribution is 6.33. The predicted molar refractivity (Wildman–Crippen MR) is 131 cm³/mol. The van der Waals surface area contributed by atoms with Crippen LogP contribution in [0.15, 0.2) is 18.2 Å². The van der Waals surface area contributed by atoms with Gasteiger partial charge in [-0.1, -0.05) is 23.7 Å². The van der Waals surface area contributed by atoms with Gasteiger partial charge in [-0.15, -0.1) is 0 Å². The summed E-state index contributed by atoms with van der Waals surface area (Å²) in [4.78, 5) is 24.2. The van der Waals surface area contributed by atoms with E-state index in [9.17, 15) is 4.79 Å². The largest absolute Gasteiger partial charge is 0.362 e. The highest BCUT2D eigenvalue weighted by Gasteiger charge is 2.25. The normalized spacial score (nSPS) is 20.2. The third-order valence-corrected chi connectivity index (χ3v) is 6.76. The fraction of sp³-hybridized carbons (Fsp3) is 0.542. The topological polar surface area (TPSA) is 82.2 Å². The van der Waals surface area contributed by atoms with Crippen LogP contribution in [0.5, 0.6) is 0 Å². The van der Waals surface area contributed by atoms with Gasteiger partial charge in [-0.25, -0.2) is 9.78 Å². The molecule has 1 aromatic carbocycles. The third kappa shape index (κ3) is 5.26. The third-order valence-electron chi connectivity index (χ3n) is 6.44. The molecule has 0 atom stereocenters. The summed E-state index contributed by atoms with van der Waals surface area (Å²) in [7, 11) is 4.10. The Labute approximate surface area is 195 Å². The smallest absolute Gasteiger partial charge is 0.319 e. The summed E-state index contributed by atoms with van der Waals surface area (Å²) in [5.74, 6) is 1.77. The number of carbonyl (C=O) groups is 1. The van der Waals surface area contributed by atoms with Crippen LogP contribution in [0, 0.1) is 6.92 Å². The second-order valence-electron chi connectivity index (χ2n) is 9.12. The summed E-state index contributed by atoms with van der Waals surface area (Å²) in [5.41, 5.74) is 4.12. The number of nitrogens with one attached hydrogen (secondary N) is 3. The van der Waals surface area contributed by atoms with Crippen LogP contribution in [0.2, 0.25) is 5.02 Å². The molecule has 7 nitrogen and oxygen atoms in total. The molecule has 0 saturated heterocycles. The zero-order valence-corrected chi connectivity index (χ0v) is 19.9. The van der Waals surface area contributed by atoms with E-state index in [1.54, 1.807) is 6.07 Å². The van der Waals surface area contributed by atoms with Gasteiger partial charge in [0.05, 0.1) is 16.4 Å². The number of hydrogen-bond donors (Lipinski definition) is 3. The molecule has 2 aliphatic carbocycles. The number of nitrogens with zero attached hydrogens (tertiary/aromatic N) is 3. The molecule has 1 saturated carbocycles. The number of carbonyl (C=O) groups excluding carboxylic acids is 1. The molecule has 2 aliphatic rings. The molecule has 0 spiro atoms. The molecule has 0 bridgehead atoms. The van der Waals surface area contributed by atoms with Crippen molar-refractivity contribution in [3.05, 3.63) is 40.0 Å². The number of aromatic nitrogens is 2. The lowest BCUT2D eigenvalue weighted by Crippen LogP contribution is -2.42. The number of hydrogen-bond acceptors (Lipinski definition) is 5. The van der Waals surface area contributed by atoms with E-state index in [1.807, 2.05) is 33.2 Å². The first kappa shape index (κ1) is 22.6. The van der Waals surface area contributed by atoms with Gasteiger partial charge in [0.15, 0.2) is 0 Å². The number of rotatable bonds is 5. The Hall–Kier alpha value is -2.54. The lowest BCUT2D eigenvalue weighted by atomic mass is 9.91. The van der Waals surface area contributed by atoms with Gasteiger partial charge in [-0.05, 0) is 69.9 Å². The summed E-state index contributed by atoms with van der Waals surface area (Å²) < 4.78 is 0. The molecule has 172 valence electrons. The molecule has 0 unspecified atom stereocenters. The van der Waals surface area contributed by atoms with Crippen molar-refractivity contribution in [1.29, 1.82) is 0 Å². The quantitative estimate of drug-likeness (QED) is 0.594. The fourth-order valence-electron chi connectivity index (χ4n) is 4.70. The summed E-state index contributed by atoms with van der Waals surface area (Å²) in [6.45, 7) is 1.93. The van der Waals surface area contributed by atoms with Crippen molar-refractivity contribution in [2.45, 2.75) is 70.4 Å². The van der Waals surface area contributed by atoms with Gasteiger partial charge in [0, 0.05) is 31.7 Å². The Morgan fingerprint density at radius 3 is 2.50 bits per heavy atom. The maximum absolute atomic E-state index is 12.5. The molecule has 0 radical (unpaired) electrons. The number of anilines is 3. The lowest BCUT2D eigenvalue weighted by molar-refractivity contribution is 0.243. The first-order valence-corrected chi connectivity index (χ1v) is 11.9. The highest BCUT2D eigenvalue weighted by atomic mass is 35.5. The number of fused-ring (bicyclic) bond motifs is 1. The Bertz CT molecular complexity index is 951. The van der Waals surface area contributed by atoms with Gasteiger partial charge in [-0.2, -0.15) is 4.98 Å². The van der Waals surface area contributed by atoms with E-state index in [0.717, 1.165) is 55.9 Å². The van der Waals surface area contributed by atoms with E-state index in [-0.39, 0.29) is 12.1 Å². The molecule has 3 N–H and O–H groups in total. The minimum atomic E-state index is -0.203. The average Bonchev–Trinajstić information content (AvgIpc) is 2.77. The minimum Gasteiger partial charge on any atom is -0.362 e.